The van der Waals surface area contributed by atoms with Crippen molar-refractivity contribution in [1.82, 2.24) is 15.2 Å². The molecular formula is C12H23BrN4. The molecule has 0 aliphatic heterocycles. The molecule has 17 heavy (non-hydrogen) atoms. The SMILES string of the molecule is Cc1nn(C)c(CC(CC(C)(C)C)NN)c1Br. The minimum Gasteiger partial charge on any atom is -0.271 e. The van der Waals surface area contributed by atoms with Crippen LogP contribution in [0, 0.1) is 12.3 Å². The smallest absolute Gasteiger partial charge is 0.0738 e. The monoisotopic (exact) mass is 302 g/mol. The van der Waals surface area contributed by atoms with Crippen LogP contribution in [-0.2, 0) is 13.5 Å². The van der Waals surface area contributed by atoms with Crippen LogP contribution in [0.1, 0.15) is 38.6 Å². The molecule has 0 aliphatic carbocycles. The van der Waals surface area contributed by atoms with Gasteiger partial charge < -0.3 is 0 Å². The Morgan fingerprint density at radius 3 is 2.41 bits per heavy atom. The van der Waals surface area contributed by atoms with Crippen molar-refractivity contribution in [2.75, 3.05) is 0 Å². The molecule has 1 heterocycles. The first-order chi connectivity index (χ1) is 7.74. The van der Waals surface area contributed by atoms with Crippen molar-refractivity contribution in [2.45, 2.75) is 46.6 Å². The average Bonchev–Trinajstić information content (AvgIpc) is 2.42. The van der Waals surface area contributed by atoms with E-state index in [0.29, 0.717) is 0 Å². The summed E-state index contributed by atoms with van der Waals surface area (Å²) in [5.41, 5.74) is 5.38. The lowest BCUT2D eigenvalue weighted by Crippen LogP contribution is -2.39. The molecule has 0 saturated heterocycles. The van der Waals surface area contributed by atoms with Gasteiger partial charge in [-0.15, -0.1) is 0 Å². The number of aryl methyl sites for hydroxylation is 2. The number of nitrogens with zero attached hydrogens (tertiary/aromatic N) is 2. The van der Waals surface area contributed by atoms with E-state index < -0.39 is 0 Å². The highest BCUT2D eigenvalue weighted by Crippen LogP contribution is 2.26. The van der Waals surface area contributed by atoms with Gasteiger partial charge in [0.05, 0.1) is 15.9 Å². The Hall–Kier alpha value is -0.390. The van der Waals surface area contributed by atoms with Crippen LogP contribution in [0.5, 0.6) is 0 Å². The minimum atomic E-state index is 0.261. The second-order valence-electron chi connectivity index (χ2n) is 5.80. The first-order valence-corrected chi connectivity index (χ1v) is 6.68. The van der Waals surface area contributed by atoms with Gasteiger partial charge in [0, 0.05) is 19.5 Å². The Bertz CT molecular complexity index is 379. The molecule has 1 rings (SSSR count). The van der Waals surface area contributed by atoms with Gasteiger partial charge in [-0.3, -0.25) is 16.0 Å². The highest BCUT2D eigenvalue weighted by molar-refractivity contribution is 9.10. The van der Waals surface area contributed by atoms with E-state index in [1.165, 1.54) is 5.69 Å². The fraction of sp³-hybridized carbons (Fsp3) is 0.750. The number of hydrogen-bond acceptors (Lipinski definition) is 3. The van der Waals surface area contributed by atoms with Crippen molar-refractivity contribution in [2.24, 2.45) is 18.3 Å². The van der Waals surface area contributed by atoms with Crippen molar-refractivity contribution in [1.29, 1.82) is 0 Å². The minimum absolute atomic E-state index is 0.261. The highest BCUT2D eigenvalue weighted by atomic mass is 79.9. The van der Waals surface area contributed by atoms with E-state index in [4.69, 9.17) is 5.84 Å². The third kappa shape index (κ3) is 4.08. The molecule has 3 N–H and O–H groups in total. The van der Waals surface area contributed by atoms with Crippen molar-refractivity contribution >= 4 is 15.9 Å². The molecule has 98 valence electrons. The van der Waals surface area contributed by atoms with E-state index in [-0.39, 0.29) is 11.5 Å². The van der Waals surface area contributed by atoms with Crippen LogP contribution in [0.15, 0.2) is 4.47 Å². The number of rotatable bonds is 4. The van der Waals surface area contributed by atoms with E-state index in [1.54, 1.807) is 0 Å². The summed E-state index contributed by atoms with van der Waals surface area (Å²) < 4.78 is 3.01. The number of hydrazine groups is 1. The Morgan fingerprint density at radius 1 is 1.47 bits per heavy atom. The lowest BCUT2D eigenvalue weighted by atomic mass is 9.87. The normalized spacial score (nSPS) is 14.1. The molecule has 0 amide bonds. The van der Waals surface area contributed by atoms with Crippen LogP contribution in [0.3, 0.4) is 0 Å². The molecule has 0 spiro atoms. The number of hydrogen-bond donors (Lipinski definition) is 2. The summed E-state index contributed by atoms with van der Waals surface area (Å²) in [7, 11) is 1.97. The molecule has 1 aromatic rings. The van der Waals surface area contributed by atoms with Gasteiger partial charge in [-0.2, -0.15) is 5.10 Å². The standard InChI is InChI=1S/C12H23BrN4/c1-8-11(13)10(17(5)16-8)6-9(15-14)7-12(2,3)4/h9,15H,6-7,14H2,1-5H3. The zero-order valence-corrected chi connectivity index (χ0v) is 12.9. The molecule has 0 aromatic carbocycles. The molecule has 0 saturated carbocycles. The number of nitrogens with one attached hydrogen (secondary N) is 1. The van der Waals surface area contributed by atoms with E-state index in [2.05, 4.69) is 47.2 Å². The predicted molar refractivity (Wildman–Crippen MR) is 74.5 cm³/mol. The van der Waals surface area contributed by atoms with E-state index in [9.17, 15) is 0 Å². The maximum Gasteiger partial charge on any atom is 0.0738 e. The molecule has 0 bridgehead atoms. The van der Waals surface area contributed by atoms with Gasteiger partial charge in [0.25, 0.3) is 0 Å². The van der Waals surface area contributed by atoms with Gasteiger partial charge in [-0.05, 0) is 34.7 Å². The molecule has 0 fully saturated rings. The molecular weight excluding hydrogens is 280 g/mol. The summed E-state index contributed by atoms with van der Waals surface area (Å²) in [6.45, 7) is 8.67. The van der Waals surface area contributed by atoms with Crippen LogP contribution in [0.25, 0.3) is 0 Å². The van der Waals surface area contributed by atoms with Crippen molar-refractivity contribution in [3.05, 3.63) is 15.9 Å². The van der Waals surface area contributed by atoms with Gasteiger partial charge >= 0.3 is 0 Å². The van der Waals surface area contributed by atoms with Crippen LogP contribution in [0.4, 0.5) is 0 Å². The van der Waals surface area contributed by atoms with Gasteiger partial charge in [0.1, 0.15) is 0 Å². The maximum atomic E-state index is 5.64. The van der Waals surface area contributed by atoms with Crippen LogP contribution in [-0.4, -0.2) is 15.8 Å². The highest BCUT2D eigenvalue weighted by Gasteiger charge is 2.21. The number of nitrogens with two attached hydrogens (primary N) is 1. The molecule has 4 nitrogen and oxygen atoms in total. The second kappa shape index (κ2) is 5.50. The Labute approximate surface area is 112 Å². The summed E-state index contributed by atoms with van der Waals surface area (Å²) in [4.78, 5) is 0. The summed E-state index contributed by atoms with van der Waals surface area (Å²) in [6.07, 6.45) is 1.91. The Balaban J connectivity index is 2.81. The first-order valence-electron chi connectivity index (χ1n) is 5.88. The second-order valence-corrected chi connectivity index (χ2v) is 6.60. The first kappa shape index (κ1) is 14.7. The summed E-state index contributed by atoms with van der Waals surface area (Å²) in [5, 5.41) is 4.40. The molecule has 0 aliphatic rings. The number of aromatic nitrogens is 2. The van der Waals surface area contributed by atoms with E-state index in [0.717, 1.165) is 23.0 Å². The van der Waals surface area contributed by atoms with Gasteiger partial charge in [0.15, 0.2) is 0 Å². The molecule has 1 aromatic heterocycles. The van der Waals surface area contributed by atoms with Gasteiger partial charge in [0.2, 0.25) is 0 Å². The number of halogens is 1. The van der Waals surface area contributed by atoms with Crippen LogP contribution < -0.4 is 11.3 Å². The third-order valence-electron chi connectivity index (χ3n) is 2.80. The van der Waals surface area contributed by atoms with E-state index in [1.807, 2.05) is 18.7 Å². The molecule has 5 heteroatoms. The molecule has 1 atom stereocenters. The van der Waals surface area contributed by atoms with E-state index >= 15 is 0 Å². The quantitative estimate of drug-likeness (QED) is 0.663. The third-order valence-corrected chi connectivity index (χ3v) is 3.83. The Kier molecular flexibility index (Phi) is 4.75. The maximum absolute atomic E-state index is 5.64. The fourth-order valence-electron chi connectivity index (χ4n) is 2.06. The molecule has 1 unspecified atom stereocenters. The zero-order valence-electron chi connectivity index (χ0n) is 11.3. The Morgan fingerprint density at radius 2 is 2.06 bits per heavy atom. The summed E-state index contributed by atoms with van der Waals surface area (Å²) in [6, 6.07) is 0.265. The topological polar surface area (TPSA) is 55.9 Å². The van der Waals surface area contributed by atoms with Crippen LogP contribution in [0.2, 0.25) is 0 Å². The fourth-order valence-corrected chi connectivity index (χ4v) is 2.56. The lowest BCUT2D eigenvalue weighted by molar-refractivity contribution is 0.305. The van der Waals surface area contributed by atoms with Crippen molar-refractivity contribution < 1.29 is 0 Å². The average molecular weight is 303 g/mol. The zero-order chi connectivity index (χ0) is 13.2. The largest absolute Gasteiger partial charge is 0.271 e. The lowest BCUT2D eigenvalue weighted by Gasteiger charge is -2.25. The van der Waals surface area contributed by atoms with Gasteiger partial charge in [-0.25, -0.2) is 0 Å². The summed E-state index contributed by atoms with van der Waals surface area (Å²) in [5.74, 6) is 5.64. The molecule has 0 radical (unpaired) electrons. The summed E-state index contributed by atoms with van der Waals surface area (Å²) >= 11 is 3.59. The van der Waals surface area contributed by atoms with Crippen molar-refractivity contribution in [3.63, 3.8) is 0 Å². The van der Waals surface area contributed by atoms with Gasteiger partial charge in [-0.1, -0.05) is 20.8 Å². The van der Waals surface area contributed by atoms with Crippen molar-refractivity contribution in [3.8, 4) is 0 Å². The predicted octanol–water partition coefficient (Wildman–Crippen LogP) is 2.30. The van der Waals surface area contributed by atoms with Crippen LogP contribution >= 0.6 is 15.9 Å².